The highest BCUT2D eigenvalue weighted by Crippen LogP contribution is 2.25. The molecule has 0 aliphatic heterocycles. The molecule has 41 heavy (non-hydrogen) atoms. The number of nitrogens with one attached hydrogen (secondary N) is 2. The number of carbonyl (C=O) groups excluding carboxylic acids is 5. The van der Waals surface area contributed by atoms with Gasteiger partial charge in [0.25, 0.3) is 0 Å². The zero-order valence-corrected chi connectivity index (χ0v) is 25.3. The maximum atomic E-state index is 12.8. The number of nitrogens with two attached hydrogens (primary N) is 3. The van der Waals surface area contributed by atoms with Crippen molar-refractivity contribution in [2.45, 2.75) is 67.1 Å². The lowest BCUT2D eigenvalue weighted by atomic mass is 10.0. The van der Waals surface area contributed by atoms with Crippen molar-refractivity contribution in [3.63, 3.8) is 0 Å². The third-order valence-electron chi connectivity index (χ3n) is 5.23. The molecular formula is C24H42Cl3N5O9. The molecule has 5 amide bonds. The summed E-state index contributed by atoms with van der Waals surface area (Å²) in [5, 5.41) is 5.45. The molecule has 0 radical (unpaired) electrons. The van der Waals surface area contributed by atoms with Crippen molar-refractivity contribution in [1.29, 1.82) is 0 Å². The molecule has 0 heterocycles. The summed E-state index contributed by atoms with van der Waals surface area (Å²) in [6.45, 7) is -0.198. The van der Waals surface area contributed by atoms with Gasteiger partial charge in [0.05, 0.1) is 39.6 Å². The number of alkyl halides is 3. The van der Waals surface area contributed by atoms with Crippen LogP contribution in [0, 0.1) is 0 Å². The number of alkyl carbamates (subject to hydrolysis) is 1. The van der Waals surface area contributed by atoms with Crippen molar-refractivity contribution < 1.29 is 42.9 Å². The molecule has 0 aromatic rings. The van der Waals surface area contributed by atoms with Gasteiger partial charge in [-0.1, -0.05) is 54.1 Å². The minimum Gasteiger partial charge on any atom is -0.445 e. The SMILES string of the molecule is NC(=O)CCOCC(COCCC(N)=O)(COCCC(N)=O)NC(=O)CCCCCCCNC(=O)OCC(Cl)(Cl)Cl. The Morgan fingerprint density at radius 3 is 1.49 bits per heavy atom. The van der Waals surface area contributed by atoms with Crippen molar-refractivity contribution in [2.24, 2.45) is 17.2 Å². The molecule has 238 valence electrons. The number of hydrogen-bond acceptors (Lipinski definition) is 9. The Morgan fingerprint density at radius 1 is 0.610 bits per heavy atom. The first kappa shape index (κ1) is 38.9. The molecule has 0 aromatic carbocycles. The Morgan fingerprint density at radius 2 is 1.05 bits per heavy atom. The van der Waals surface area contributed by atoms with Crippen LogP contribution < -0.4 is 27.8 Å². The summed E-state index contributed by atoms with van der Waals surface area (Å²) >= 11 is 16.5. The predicted octanol–water partition coefficient (Wildman–Crippen LogP) is 0.954. The zero-order chi connectivity index (χ0) is 31.2. The van der Waals surface area contributed by atoms with Gasteiger partial charge in [-0.15, -0.1) is 0 Å². The van der Waals surface area contributed by atoms with Crippen molar-refractivity contribution in [3.05, 3.63) is 0 Å². The van der Waals surface area contributed by atoms with E-state index < -0.39 is 33.1 Å². The number of hydrogen-bond donors (Lipinski definition) is 5. The number of primary amides is 3. The first-order chi connectivity index (χ1) is 19.2. The Kier molecular flexibility index (Phi) is 21.3. The average Bonchev–Trinajstić information content (AvgIpc) is 2.86. The minimum absolute atomic E-state index is 0.00894. The fourth-order valence-corrected chi connectivity index (χ4v) is 3.41. The van der Waals surface area contributed by atoms with Crippen molar-refractivity contribution >= 4 is 64.5 Å². The van der Waals surface area contributed by atoms with Gasteiger partial charge in [0.2, 0.25) is 27.4 Å². The molecule has 0 atom stereocenters. The van der Waals surface area contributed by atoms with Gasteiger partial charge in [-0.25, -0.2) is 4.79 Å². The lowest BCUT2D eigenvalue weighted by molar-refractivity contribution is -0.130. The van der Waals surface area contributed by atoms with Gasteiger partial charge < -0.3 is 46.8 Å². The van der Waals surface area contributed by atoms with Crippen LogP contribution in [-0.2, 0) is 38.1 Å². The average molecular weight is 651 g/mol. The summed E-state index contributed by atoms with van der Waals surface area (Å²) in [5.41, 5.74) is 14.3. The van der Waals surface area contributed by atoms with Crippen LogP contribution in [0.5, 0.6) is 0 Å². The molecule has 0 bridgehead atoms. The van der Waals surface area contributed by atoms with Gasteiger partial charge in [0.1, 0.15) is 12.1 Å². The largest absolute Gasteiger partial charge is 0.445 e. The van der Waals surface area contributed by atoms with E-state index in [2.05, 4.69) is 10.6 Å². The molecule has 0 aliphatic carbocycles. The summed E-state index contributed by atoms with van der Waals surface area (Å²) in [6, 6.07) is 0. The van der Waals surface area contributed by atoms with Crippen LogP contribution in [0.2, 0.25) is 0 Å². The summed E-state index contributed by atoms with van der Waals surface area (Å²) in [6.07, 6.45) is 3.14. The summed E-state index contributed by atoms with van der Waals surface area (Å²) in [5.74, 6) is -1.94. The molecule has 0 fully saturated rings. The zero-order valence-electron chi connectivity index (χ0n) is 23.1. The van der Waals surface area contributed by atoms with E-state index in [0.29, 0.717) is 19.4 Å². The molecule has 14 nitrogen and oxygen atoms in total. The number of unbranched alkanes of at least 4 members (excludes halogenated alkanes) is 4. The van der Waals surface area contributed by atoms with Gasteiger partial charge in [0, 0.05) is 32.2 Å². The summed E-state index contributed by atoms with van der Waals surface area (Å²) in [4.78, 5) is 57.5. The molecule has 0 rings (SSSR count). The Hall–Kier alpha value is -2.10. The van der Waals surface area contributed by atoms with E-state index in [1.165, 1.54) is 0 Å². The molecule has 0 saturated heterocycles. The third kappa shape index (κ3) is 25.3. The van der Waals surface area contributed by atoms with Gasteiger partial charge in [-0.2, -0.15) is 0 Å². The van der Waals surface area contributed by atoms with Crippen LogP contribution in [0.4, 0.5) is 4.79 Å². The highest BCUT2D eigenvalue weighted by Gasteiger charge is 2.33. The topological polar surface area (TPSA) is 224 Å². The number of carbonyl (C=O) groups is 5. The standard InChI is InChI=1S/C24H42Cl3N5O9/c25-24(26,27)17-41-22(37)31-10-5-3-1-2-4-6-21(36)32-23(14-38-11-7-18(28)33,15-39-12-8-19(29)34)16-40-13-9-20(30)35/h1-17H2,(H2,28,33)(H2,29,34)(H2,30,35)(H,31,37)(H,32,36). The number of rotatable bonds is 25. The Bertz CT molecular complexity index is 761. The second kappa shape index (κ2) is 22.5. The van der Waals surface area contributed by atoms with Crippen LogP contribution in [0.3, 0.4) is 0 Å². The van der Waals surface area contributed by atoms with Crippen LogP contribution in [0.25, 0.3) is 0 Å². The van der Waals surface area contributed by atoms with Gasteiger partial charge >= 0.3 is 6.09 Å². The first-order valence-corrected chi connectivity index (χ1v) is 14.2. The maximum absolute atomic E-state index is 12.8. The number of ether oxygens (including phenoxy) is 4. The highest BCUT2D eigenvalue weighted by molar-refractivity contribution is 6.67. The van der Waals surface area contributed by atoms with E-state index in [4.69, 9.17) is 71.0 Å². The normalized spacial score (nSPS) is 11.6. The second-order valence-electron chi connectivity index (χ2n) is 9.27. The highest BCUT2D eigenvalue weighted by atomic mass is 35.6. The van der Waals surface area contributed by atoms with Gasteiger partial charge in [-0.05, 0) is 12.8 Å². The van der Waals surface area contributed by atoms with E-state index in [0.717, 1.165) is 19.3 Å². The van der Waals surface area contributed by atoms with E-state index in [1.54, 1.807) is 0 Å². The van der Waals surface area contributed by atoms with Crippen LogP contribution in [0.1, 0.15) is 57.8 Å². The molecule has 17 heteroatoms. The summed E-state index contributed by atoms with van der Waals surface area (Å²) < 4.78 is 19.8. The quantitative estimate of drug-likeness (QED) is 0.0699. The van der Waals surface area contributed by atoms with Crippen molar-refractivity contribution in [1.82, 2.24) is 10.6 Å². The van der Waals surface area contributed by atoms with Gasteiger partial charge in [0.15, 0.2) is 0 Å². The predicted molar refractivity (Wildman–Crippen MR) is 152 cm³/mol. The smallest absolute Gasteiger partial charge is 0.407 e. The van der Waals surface area contributed by atoms with Gasteiger partial charge in [-0.3, -0.25) is 19.2 Å². The van der Waals surface area contributed by atoms with Crippen LogP contribution in [0.15, 0.2) is 0 Å². The van der Waals surface area contributed by atoms with E-state index >= 15 is 0 Å². The Labute approximate surface area is 254 Å². The van der Waals surface area contributed by atoms with E-state index in [-0.39, 0.29) is 77.8 Å². The minimum atomic E-state index is -1.67. The second-order valence-corrected chi connectivity index (χ2v) is 11.8. The molecule has 0 spiro atoms. The van der Waals surface area contributed by atoms with Crippen LogP contribution >= 0.6 is 34.8 Å². The van der Waals surface area contributed by atoms with E-state index in [1.807, 2.05) is 0 Å². The van der Waals surface area contributed by atoms with Crippen LogP contribution in [-0.4, -0.2) is 91.8 Å². The first-order valence-electron chi connectivity index (χ1n) is 13.1. The monoisotopic (exact) mass is 649 g/mol. The molecular weight excluding hydrogens is 609 g/mol. The fourth-order valence-electron chi connectivity index (χ4n) is 3.24. The third-order valence-corrected chi connectivity index (χ3v) is 5.56. The molecule has 0 aromatic heterocycles. The molecule has 8 N–H and O–H groups in total. The fraction of sp³-hybridized carbons (Fsp3) is 0.792. The lowest BCUT2D eigenvalue weighted by Crippen LogP contribution is -2.58. The summed E-state index contributed by atoms with van der Waals surface area (Å²) in [7, 11) is 0. The molecule has 0 unspecified atom stereocenters. The van der Waals surface area contributed by atoms with Crippen molar-refractivity contribution in [3.8, 4) is 0 Å². The lowest BCUT2D eigenvalue weighted by Gasteiger charge is -2.34. The van der Waals surface area contributed by atoms with Crippen molar-refractivity contribution in [2.75, 3.05) is 52.8 Å². The molecule has 0 aliphatic rings. The van der Waals surface area contributed by atoms with E-state index in [9.17, 15) is 24.0 Å². The maximum Gasteiger partial charge on any atom is 0.407 e. The number of halogens is 3. The number of amides is 5. The molecule has 0 saturated carbocycles. The Balaban J connectivity index is 4.75.